The fraction of sp³-hybridized carbons (Fsp3) is 0.345. The average Bonchev–Trinajstić information content (AvgIpc) is 2.86. The topological polar surface area (TPSA) is 42.0 Å². The monoisotopic (exact) mass is 458 g/mol. The van der Waals surface area contributed by atoms with Crippen LogP contribution >= 0.6 is 0 Å². The van der Waals surface area contributed by atoms with Gasteiger partial charge in [-0.1, -0.05) is 47.5 Å². The Kier molecular flexibility index (Phi) is 7.53. The van der Waals surface area contributed by atoms with Gasteiger partial charge in [0.1, 0.15) is 0 Å². The van der Waals surface area contributed by atoms with E-state index >= 15 is 0 Å². The average molecular weight is 459 g/mol. The molecule has 0 spiro atoms. The molecule has 34 heavy (non-hydrogen) atoms. The third kappa shape index (κ3) is 5.26. The maximum Gasteiger partial charge on any atom is 0.258 e. The lowest BCUT2D eigenvalue weighted by atomic mass is 9.99. The molecule has 1 aliphatic heterocycles. The van der Waals surface area contributed by atoms with E-state index in [1.165, 1.54) is 5.56 Å². The van der Waals surface area contributed by atoms with Gasteiger partial charge in [-0.3, -0.25) is 9.69 Å². The Morgan fingerprint density at radius 2 is 1.50 bits per heavy atom. The maximum absolute atomic E-state index is 13.6. The number of aryl methyl sites for hydroxylation is 2. The predicted octanol–water partition coefficient (Wildman–Crippen LogP) is 5.63. The number of carbonyl (C=O) groups is 1. The fourth-order valence-electron chi connectivity index (χ4n) is 4.69. The zero-order valence-corrected chi connectivity index (χ0v) is 20.6. The molecule has 0 atom stereocenters. The van der Waals surface area contributed by atoms with Crippen LogP contribution in [-0.2, 0) is 6.54 Å². The van der Waals surface area contributed by atoms with E-state index < -0.39 is 0 Å². The third-order valence-electron chi connectivity index (χ3n) is 6.63. The van der Waals surface area contributed by atoms with Crippen LogP contribution in [0.15, 0.2) is 66.7 Å². The minimum atomic E-state index is 0.0665. The Labute approximate surface area is 202 Å². The Hall–Kier alpha value is -3.31. The number of likely N-dealkylation sites (tertiary alicyclic amines) is 1. The number of carbonyl (C=O) groups excluding carboxylic acids is 1. The van der Waals surface area contributed by atoms with Crippen molar-refractivity contribution >= 4 is 11.6 Å². The van der Waals surface area contributed by atoms with E-state index in [1.807, 2.05) is 48.2 Å². The molecule has 0 aromatic heterocycles. The molecule has 0 saturated carbocycles. The predicted molar refractivity (Wildman–Crippen MR) is 137 cm³/mol. The van der Waals surface area contributed by atoms with Gasteiger partial charge in [0.25, 0.3) is 5.91 Å². The lowest BCUT2D eigenvalue weighted by molar-refractivity contribution is 0.0958. The minimum absolute atomic E-state index is 0.0665. The number of ether oxygens (including phenoxy) is 2. The lowest BCUT2D eigenvalue weighted by Gasteiger charge is -2.39. The molecule has 5 heteroatoms. The molecule has 0 aliphatic carbocycles. The largest absolute Gasteiger partial charge is 0.493 e. The van der Waals surface area contributed by atoms with Crippen molar-refractivity contribution in [3.63, 3.8) is 0 Å². The normalized spacial score (nSPS) is 14.6. The number of anilines is 1. The maximum atomic E-state index is 13.6. The van der Waals surface area contributed by atoms with Crippen molar-refractivity contribution in [1.82, 2.24) is 4.90 Å². The standard InChI is InChI=1S/C29H34N2O3/c1-21-8-12-23(13-9-21)29(32)31(25-14-10-22(2)11-15-25)26-16-18-30(19-17-26)20-24-6-5-7-27(33-3)28(24)34-4/h5-15,26H,16-20H2,1-4H3. The van der Waals surface area contributed by atoms with Gasteiger partial charge in [-0.25, -0.2) is 0 Å². The van der Waals surface area contributed by atoms with Gasteiger partial charge in [0, 0.05) is 42.5 Å². The Morgan fingerprint density at radius 3 is 2.09 bits per heavy atom. The van der Waals surface area contributed by atoms with Gasteiger partial charge in [-0.2, -0.15) is 0 Å². The summed E-state index contributed by atoms with van der Waals surface area (Å²) in [5.74, 6) is 1.61. The van der Waals surface area contributed by atoms with E-state index in [1.54, 1.807) is 14.2 Å². The summed E-state index contributed by atoms with van der Waals surface area (Å²) in [6, 6.07) is 22.3. The van der Waals surface area contributed by atoms with E-state index in [-0.39, 0.29) is 11.9 Å². The number of benzene rings is 3. The van der Waals surface area contributed by atoms with Crippen LogP contribution < -0.4 is 14.4 Å². The summed E-state index contributed by atoms with van der Waals surface area (Å²) in [4.78, 5) is 18.1. The van der Waals surface area contributed by atoms with Crippen LogP contribution in [0.4, 0.5) is 5.69 Å². The van der Waals surface area contributed by atoms with Crippen LogP contribution in [0.25, 0.3) is 0 Å². The van der Waals surface area contributed by atoms with Crippen molar-refractivity contribution in [2.45, 2.75) is 39.3 Å². The van der Waals surface area contributed by atoms with Crippen molar-refractivity contribution in [2.75, 3.05) is 32.2 Å². The number of methoxy groups -OCH3 is 2. The van der Waals surface area contributed by atoms with Crippen LogP contribution in [0.1, 0.15) is 39.9 Å². The summed E-state index contributed by atoms with van der Waals surface area (Å²) < 4.78 is 11.1. The second-order valence-electron chi connectivity index (χ2n) is 9.04. The molecule has 0 N–H and O–H groups in total. The van der Waals surface area contributed by atoms with Crippen molar-refractivity contribution < 1.29 is 14.3 Å². The molecule has 1 fully saturated rings. The highest BCUT2D eigenvalue weighted by Crippen LogP contribution is 2.33. The first kappa shape index (κ1) is 23.8. The molecule has 1 aliphatic rings. The quantitative estimate of drug-likeness (QED) is 0.460. The smallest absolute Gasteiger partial charge is 0.258 e. The molecule has 5 nitrogen and oxygen atoms in total. The summed E-state index contributed by atoms with van der Waals surface area (Å²) in [5.41, 5.74) is 5.15. The first-order valence-corrected chi connectivity index (χ1v) is 11.9. The van der Waals surface area contributed by atoms with Gasteiger partial charge in [-0.05, 0) is 57.0 Å². The number of amides is 1. The third-order valence-corrected chi connectivity index (χ3v) is 6.63. The molecule has 4 rings (SSSR count). The van der Waals surface area contributed by atoms with Crippen molar-refractivity contribution in [1.29, 1.82) is 0 Å². The van der Waals surface area contributed by atoms with Gasteiger partial charge < -0.3 is 14.4 Å². The number of hydrogen-bond donors (Lipinski definition) is 0. The SMILES string of the molecule is COc1cccc(CN2CCC(N(C(=O)c3ccc(C)cc3)c3ccc(C)cc3)CC2)c1OC. The Balaban J connectivity index is 1.51. The van der Waals surface area contributed by atoms with E-state index in [9.17, 15) is 4.79 Å². The van der Waals surface area contributed by atoms with Crippen LogP contribution in [0.2, 0.25) is 0 Å². The molecular weight excluding hydrogens is 424 g/mol. The summed E-state index contributed by atoms with van der Waals surface area (Å²) in [7, 11) is 3.35. The van der Waals surface area contributed by atoms with Gasteiger partial charge >= 0.3 is 0 Å². The first-order valence-electron chi connectivity index (χ1n) is 11.9. The lowest BCUT2D eigenvalue weighted by Crippen LogP contribution is -2.47. The number of rotatable bonds is 7. The molecule has 0 radical (unpaired) electrons. The Bertz CT molecular complexity index is 1100. The number of para-hydroxylation sites is 1. The van der Waals surface area contributed by atoms with Crippen molar-refractivity contribution in [3.8, 4) is 11.5 Å². The highest BCUT2D eigenvalue weighted by molar-refractivity contribution is 6.06. The first-order chi connectivity index (χ1) is 16.5. The second kappa shape index (κ2) is 10.7. The van der Waals surface area contributed by atoms with Crippen LogP contribution in [0.3, 0.4) is 0 Å². The molecule has 1 amide bonds. The van der Waals surface area contributed by atoms with Crippen molar-refractivity contribution in [2.24, 2.45) is 0 Å². The molecule has 178 valence electrons. The molecular formula is C29H34N2O3. The number of nitrogens with zero attached hydrogens (tertiary/aromatic N) is 2. The molecule has 0 bridgehead atoms. The zero-order valence-electron chi connectivity index (χ0n) is 20.6. The molecule has 0 unspecified atom stereocenters. The highest BCUT2D eigenvalue weighted by Gasteiger charge is 2.30. The van der Waals surface area contributed by atoms with Gasteiger partial charge in [0.05, 0.1) is 14.2 Å². The zero-order chi connectivity index (χ0) is 24.1. The summed E-state index contributed by atoms with van der Waals surface area (Å²) >= 11 is 0. The second-order valence-corrected chi connectivity index (χ2v) is 9.04. The summed E-state index contributed by atoms with van der Waals surface area (Å²) in [5, 5.41) is 0. The van der Waals surface area contributed by atoms with Crippen molar-refractivity contribution in [3.05, 3.63) is 89.0 Å². The summed E-state index contributed by atoms with van der Waals surface area (Å²) in [6.45, 7) is 6.73. The van der Waals surface area contributed by atoms with Gasteiger partial charge in [-0.15, -0.1) is 0 Å². The highest BCUT2D eigenvalue weighted by atomic mass is 16.5. The van der Waals surface area contributed by atoms with Gasteiger partial charge in [0.15, 0.2) is 11.5 Å². The van der Waals surface area contributed by atoms with Gasteiger partial charge in [0.2, 0.25) is 0 Å². The van der Waals surface area contributed by atoms with E-state index in [0.29, 0.717) is 0 Å². The van der Waals surface area contributed by atoms with E-state index in [0.717, 1.165) is 66.4 Å². The Morgan fingerprint density at radius 1 is 0.882 bits per heavy atom. The number of piperidine rings is 1. The molecule has 1 saturated heterocycles. The van der Waals surface area contributed by atoms with Crippen LogP contribution in [0, 0.1) is 13.8 Å². The fourth-order valence-corrected chi connectivity index (χ4v) is 4.69. The van der Waals surface area contributed by atoms with Crippen LogP contribution in [0.5, 0.6) is 11.5 Å². The van der Waals surface area contributed by atoms with Crippen LogP contribution in [-0.4, -0.2) is 44.2 Å². The van der Waals surface area contributed by atoms with E-state index in [4.69, 9.17) is 9.47 Å². The number of hydrogen-bond acceptors (Lipinski definition) is 4. The minimum Gasteiger partial charge on any atom is -0.493 e. The van der Waals surface area contributed by atoms with E-state index in [2.05, 4.69) is 42.2 Å². The molecule has 3 aromatic rings. The molecule has 1 heterocycles. The molecule has 3 aromatic carbocycles. The summed E-state index contributed by atoms with van der Waals surface area (Å²) in [6.07, 6.45) is 1.83.